The van der Waals surface area contributed by atoms with Gasteiger partial charge in [-0.15, -0.1) is 0 Å². The molecule has 0 aliphatic heterocycles. The molecule has 0 aromatic heterocycles. The van der Waals surface area contributed by atoms with E-state index in [0.29, 0.717) is 0 Å². The van der Waals surface area contributed by atoms with Crippen molar-refractivity contribution in [1.82, 2.24) is 0 Å². The van der Waals surface area contributed by atoms with Crippen LogP contribution in [0.4, 0.5) is 0 Å². The molecule has 1 aliphatic rings. The number of hydrogen-bond donors (Lipinski definition) is 0. The molecular weight excluding hydrogens is 120 g/mol. The van der Waals surface area contributed by atoms with Crippen LogP contribution in [0.5, 0.6) is 0 Å². The van der Waals surface area contributed by atoms with Gasteiger partial charge in [-0.3, -0.25) is 0 Å². The molecule has 0 nitrogen and oxygen atoms in total. The Bertz CT molecular complexity index is 142. The highest BCUT2D eigenvalue weighted by atomic mass is 14.1. The summed E-state index contributed by atoms with van der Waals surface area (Å²) in [4.78, 5) is 0. The zero-order chi connectivity index (χ0) is 7.40. The monoisotopic (exact) mass is 136 g/mol. The lowest BCUT2D eigenvalue weighted by Crippen LogP contribution is -1.93. The molecule has 0 heterocycles. The van der Waals surface area contributed by atoms with Crippen LogP contribution in [-0.4, -0.2) is 0 Å². The van der Waals surface area contributed by atoms with Crippen molar-refractivity contribution in [1.29, 1.82) is 0 Å². The molecule has 0 heteroatoms. The average Bonchev–Trinajstić information content (AvgIpc) is 1.84. The van der Waals surface area contributed by atoms with E-state index in [1.807, 2.05) is 0 Å². The summed E-state index contributed by atoms with van der Waals surface area (Å²) in [5, 5.41) is 0. The van der Waals surface area contributed by atoms with Crippen LogP contribution < -0.4 is 0 Å². The van der Waals surface area contributed by atoms with Crippen molar-refractivity contribution in [3.8, 4) is 0 Å². The number of hydrogen-bond acceptors (Lipinski definition) is 0. The summed E-state index contributed by atoms with van der Waals surface area (Å²) in [5.41, 5.74) is 1.39. The van der Waals surface area contributed by atoms with Crippen LogP contribution in [0.3, 0.4) is 0 Å². The third-order valence-electron chi connectivity index (χ3n) is 2.06. The second kappa shape index (κ2) is 3.60. The predicted molar refractivity (Wildman–Crippen MR) is 45.9 cm³/mol. The van der Waals surface area contributed by atoms with Crippen LogP contribution in [-0.2, 0) is 0 Å². The molecule has 1 atom stereocenters. The molecule has 0 aromatic carbocycles. The minimum atomic E-state index is 0.785. The normalized spacial score (nSPS) is 30.9. The van der Waals surface area contributed by atoms with Crippen molar-refractivity contribution in [2.24, 2.45) is 5.92 Å². The lowest BCUT2D eigenvalue weighted by atomic mass is 9.96. The van der Waals surface area contributed by atoms with Crippen molar-refractivity contribution in [3.05, 3.63) is 24.3 Å². The SMILES string of the molecule is C=C1C/C=C\C(C)CCC1. The van der Waals surface area contributed by atoms with Gasteiger partial charge >= 0.3 is 0 Å². The van der Waals surface area contributed by atoms with Gasteiger partial charge in [-0.1, -0.05) is 31.2 Å². The van der Waals surface area contributed by atoms with Crippen molar-refractivity contribution in [2.45, 2.75) is 32.6 Å². The van der Waals surface area contributed by atoms with Gasteiger partial charge < -0.3 is 0 Å². The van der Waals surface area contributed by atoms with E-state index < -0.39 is 0 Å². The molecule has 0 spiro atoms. The maximum Gasteiger partial charge on any atom is -0.0141 e. The van der Waals surface area contributed by atoms with E-state index in [1.165, 1.54) is 24.8 Å². The minimum Gasteiger partial charge on any atom is -0.0995 e. The summed E-state index contributed by atoms with van der Waals surface area (Å²) < 4.78 is 0. The van der Waals surface area contributed by atoms with Gasteiger partial charge in [0, 0.05) is 0 Å². The van der Waals surface area contributed by atoms with Gasteiger partial charge in [0.05, 0.1) is 0 Å². The van der Waals surface area contributed by atoms with Crippen LogP contribution in [0.2, 0.25) is 0 Å². The first-order chi connectivity index (χ1) is 4.79. The van der Waals surface area contributed by atoms with E-state index in [0.717, 1.165) is 12.3 Å². The summed E-state index contributed by atoms with van der Waals surface area (Å²) >= 11 is 0. The Labute approximate surface area is 63.6 Å². The molecule has 0 fully saturated rings. The third kappa shape index (κ3) is 2.38. The van der Waals surface area contributed by atoms with Crippen molar-refractivity contribution >= 4 is 0 Å². The minimum absolute atomic E-state index is 0.785. The molecule has 0 bridgehead atoms. The second-order valence-electron chi connectivity index (χ2n) is 3.25. The Morgan fingerprint density at radius 2 is 2.40 bits per heavy atom. The highest BCUT2D eigenvalue weighted by Gasteiger charge is 2.01. The van der Waals surface area contributed by atoms with Crippen molar-refractivity contribution in [2.75, 3.05) is 0 Å². The summed E-state index contributed by atoms with van der Waals surface area (Å²) in [6, 6.07) is 0. The Hall–Kier alpha value is -0.520. The zero-order valence-corrected chi connectivity index (χ0v) is 6.77. The first kappa shape index (κ1) is 7.59. The van der Waals surface area contributed by atoms with E-state index in [2.05, 4.69) is 25.7 Å². The smallest absolute Gasteiger partial charge is 0.0141 e. The Kier molecular flexibility index (Phi) is 2.73. The molecule has 56 valence electrons. The van der Waals surface area contributed by atoms with Gasteiger partial charge in [-0.2, -0.15) is 0 Å². The summed E-state index contributed by atoms with van der Waals surface area (Å²) in [6.07, 6.45) is 9.55. The maximum absolute atomic E-state index is 3.99. The van der Waals surface area contributed by atoms with E-state index in [1.54, 1.807) is 0 Å². The molecule has 0 saturated heterocycles. The zero-order valence-electron chi connectivity index (χ0n) is 6.77. The van der Waals surface area contributed by atoms with Crippen LogP contribution in [0, 0.1) is 5.92 Å². The predicted octanol–water partition coefficient (Wildman–Crippen LogP) is 3.31. The highest BCUT2D eigenvalue weighted by Crippen LogP contribution is 2.18. The van der Waals surface area contributed by atoms with E-state index in [4.69, 9.17) is 0 Å². The van der Waals surface area contributed by atoms with E-state index in [-0.39, 0.29) is 0 Å². The largest absolute Gasteiger partial charge is 0.0995 e. The Balaban J connectivity index is 2.45. The summed E-state index contributed by atoms with van der Waals surface area (Å²) in [6.45, 7) is 6.27. The summed E-state index contributed by atoms with van der Waals surface area (Å²) in [7, 11) is 0. The van der Waals surface area contributed by atoms with Crippen molar-refractivity contribution in [3.63, 3.8) is 0 Å². The fourth-order valence-corrected chi connectivity index (χ4v) is 1.34. The first-order valence-corrected chi connectivity index (χ1v) is 4.12. The van der Waals surface area contributed by atoms with E-state index >= 15 is 0 Å². The molecule has 0 N–H and O–H groups in total. The first-order valence-electron chi connectivity index (χ1n) is 4.12. The number of rotatable bonds is 0. The molecule has 1 rings (SSSR count). The fraction of sp³-hybridized carbons (Fsp3) is 0.600. The van der Waals surface area contributed by atoms with Crippen LogP contribution >= 0.6 is 0 Å². The van der Waals surface area contributed by atoms with E-state index in [9.17, 15) is 0 Å². The Morgan fingerprint density at radius 1 is 1.60 bits per heavy atom. The van der Waals surface area contributed by atoms with Crippen LogP contribution in [0.15, 0.2) is 24.3 Å². The molecular formula is C10H16. The number of allylic oxidation sites excluding steroid dienone is 3. The topological polar surface area (TPSA) is 0 Å². The maximum atomic E-state index is 3.99. The van der Waals surface area contributed by atoms with Crippen LogP contribution in [0.1, 0.15) is 32.6 Å². The summed E-state index contributed by atoms with van der Waals surface area (Å²) in [5.74, 6) is 0.785. The average molecular weight is 136 g/mol. The lowest BCUT2D eigenvalue weighted by molar-refractivity contribution is 0.593. The Morgan fingerprint density at radius 3 is 3.20 bits per heavy atom. The van der Waals surface area contributed by atoms with Gasteiger partial charge in [0.25, 0.3) is 0 Å². The second-order valence-corrected chi connectivity index (χ2v) is 3.25. The molecule has 0 amide bonds. The van der Waals surface area contributed by atoms with Gasteiger partial charge in [-0.25, -0.2) is 0 Å². The van der Waals surface area contributed by atoms with Crippen LogP contribution in [0.25, 0.3) is 0 Å². The van der Waals surface area contributed by atoms with Crippen molar-refractivity contribution < 1.29 is 0 Å². The molecule has 0 radical (unpaired) electrons. The standard InChI is InChI=1S/C10H16/c1-9-5-3-7-10(2)8-4-6-9/h3,7,10H,1,4-6,8H2,2H3/b7-3-. The quantitative estimate of drug-likeness (QED) is 0.448. The van der Waals surface area contributed by atoms with Gasteiger partial charge in [0.2, 0.25) is 0 Å². The molecule has 0 saturated carbocycles. The molecule has 1 unspecified atom stereocenters. The third-order valence-corrected chi connectivity index (χ3v) is 2.06. The molecule has 0 aromatic rings. The fourth-order valence-electron chi connectivity index (χ4n) is 1.34. The molecule has 10 heavy (non-hydrogen) atoms. The molecule has 1 aliphatic carbocycles. The van der Waals surface area contributed by atoms with Gasteiger partial charge in [0.15, 0.2) is 0 Å². The van der Waals surface area contributed by atoms with Gasteiger partial charge in [0.1, 0.15) is 0 Å². The van der Waals surface area contributed by atoms with Gasteiger partial charge in [-0.05, 0) is 31.6 Å². The lowest BCUT2D eigenvalue weighted by Gasteiger charge is -2.10. The highest BCUT2D eigenvalue weighted by molar-refractivity contribution is 5.04.